The number of ether oxygens (including phenoxy) is 1. The molecule has 1 saturated heterocycles. The molecule has 1 atom stereocenters. The van der Waals surface area contributed by atoms with Gasteiger partial charge in [0.2, 0.25) is 10.0 Å². The Morgan fingerprint density at radius 1 is 1.40 bits per heavy atom. The summed E-state index contributed by atoms with van der Waals surface area (Å²) in [7, 11) is -2.27. The molecule has 1 aromatic rings. The molecular formula is C12H16N2O5S. The van der Waals surface area contributed by atoms with Gasteiger partial charge in [0.25, 0.3) is 5.91 Å². The Kier molecular flexibility index (Phi) is 4.26. The van der Waals surface area contributed by atoms with Crippen LogP contribution in [-0.2, 0) is 14.8 Å². The van der Waals surface area contributed by atoms with Gasteiger partial charge in [-0.15, -0.1) is 0 Å². The van der Waals surface area contributed by atoms with Crippen molar-refractivity contribution < 1.29 is 23.2 Å². The summed E-state index contributed by atoms with van der Waals surface area (Å²) >= 11 is 0. The molecule has 0 spiro atoms. The van der Waals surface area contributed by atoms with Crippen molar-refractivity contribution in [3.8, 4) is 5.75 Å². The Morgan fingerprint density at radius 2 is 2.05 bits per heavy atom. The van der Waals surface area contributed by atoms with E-state index in [0.717, 1.165) is 4.31 Å². The Labute approximate surface area is 117 Å². The molecule has 1 aromatic carbocycles. The number of benzene rings is 1. The topological polar surface area (TPSA) is 95.9 Å². The second-order valence-corrected chi connectivity index (χ2v) is 6.32. The van der Waals surface area contributed by atoms with Gasteiger partial charge in [-0.05, 0) is 37.1 Å². The molecule has 0 unspecified atom stereocenters. The molecule has 0 bridgehead atoms. The number of hydrogen-bond acceptors (Lipinski definition) is 5. The Bertz CT molecular complexity index is 584. The predicted octanol–water partition coefficient (Wildman–Crippen LogP) is 0.354. The number of hydrogen-bond donors (Lipinski definition) is 2. The van der Waals surface area contributed by atoms with Crippen LogP contribution in [0.15, 0.2) is 29.2 Å². The number of hydroxylamine groups is 1. The van der Waals surface area contributed by atoms with E-state index in [9.17, 15) is 13.2 Å². The first-order valence-corrected chi connectivity index (χ1v) is 7.54. The molecule has 0 saturated carbocycles. The molecule has 0 aromatic heterocycles. The lowest BCUT2D eigenvalue weighted by Gasteiger charge is -2.22. The van der Waals surface area contributed by atoms with Crippen molar-refractivity contribution in [1.82, 2.24) is 9.79 Å². The van der Waals surface area contributed by atoms with Crippen molar-refractivity contribution in [2.75, 3.05) is 13.7 Å². The molecule has 2 N–H and O–H groups in total. The van der Waals surface area contributed by atoms with Gasteiger partial charge in [-0.2, -0.15) is 4.31 Å². The van der Waals surface area contributed by atoms with Crippen molar-refractivity contribution in [2.45, 2.75) is 23.8 Å². The summed E-state index contributed by atoms with van der Waals surface area (Å²) in [5.41, 5.74) is 1.51. The third-order valence-corrected chi connectivity index (χ3v) is 5.20. The molecule has 110 valence electrons. The summed E-state index contributed by atoms with van der Waals surface area (Å²) < 4.78 is 31.1. The standard InChI is InChI=1S/C12H16N2O5S/c1-19-9-4-6-10(7-5-9)20(17,18)14-8-2-3-11(14)12(15)13-16/h4-7,11,16H,2-3,8H2,1H3,(H,13,15)/t11-/m1/s1. The summed E-state index contributed by atoms with van der Waals surface area (Å²) in [6.45, 7) is 0.256. The zero-order valence-corrected chi connectivity index (χ0v) is 11.8. The molecule has 1 amide bonds. The van der Waals surface area contributed by atoms with Gasteiger partial charge in [-0.1, -0.05) is 0 Å². The summed E-state index contributed by atoms with van der Waals surface area (Å²) in [4.78, 5) is 11.6. The molecule has 2 rings (SSSR count). The van der Waals surface area contributed by atoms with Gasteiger partial charge >= 0.3 is 0 Å². The molecule has 0 aliphatic carbocycles. The fourth-order valence-corrected chi connectivity index (χ4v) is 3.90. The third kappa shape index (κ3) is 2.62. The number of amides is 1. The molecule has 1 heterocycles. The van der Waals surface area contributed by atoms with Gasteiger partial charge in [-0.25, -0.2) is 13.9 Å². The van der Waals surface area contributed by atoms with Crippen LogP contribution in [0, 0.1) is 0 Å². The largest absolute Gasteiger partial charge is 0.497 e. The molecule has 1 fully saturated rings. The molecule has 0 radical (unpaired) electrons. The minimum atomic E-state index is -3.76. The maximum absolute atomic E-state index is 12.5. The minimum absolute atomic E-state index is 0.0935. The van der Waals surface area contributed by atoms with Crippen LogP contribution in [0.1, 0.15) is 12.8 Å². The summed E-state index contributed by atoms with van der Waals surface area (Å²) in [6, 6.07) is 5.08. The third-order valence-electron chi connectivity index (χ3n) is 3.28. The van der Waals surface area contributed by atoms with E-state index in [2.05, 4.69) is 0 Å². The zero-order chi connectivity index (χ0) is 14.8. The molecule has 7 nitrogen and oxygen atoms in total. The van der Waals surface area contributed by atoms with Crippen LogP contribution in [-0.4, -0.2) is 43.5 Å². The van der Waals surface area contributed by atoms with E-state index < -0.39 is 22.0 Å². The van der Waals surface area contributed by atoms with Crippen molar-refractivity contribution in [3.63, 3.8) is 0 Å². The van der Waals surface area contributed by atoms with Crippen LogP contribution in [0.3, 0.4) is 0 Å². The van der Waals surface area contributed by atoms with Gasteiger partial charge in [0, 0.05) is 6.54 Å². The highest BCUT2D eigenvalue weighted by Crippen LogP contribution is 2.27. The highest BCUT2D eigenvalue weighted by atomic mass is 32.2. The normalized spacial score (nSPS) is 19.8. The molecular weight excluding hydrogens is 284 g/mol. The fraction of sp³-hybridized carbons (Fsp3) is 0.417. The predicted molar refractivity (Wildman–Crippen MR) is 69.8 cm³/mol. The molecule has 8 heteroatoms. The Hall–Kier alpha value is -1.64. The Morgan fingerprint density at radius 3 is 2.60 bits per heavy atom. The number of sulfonamides is 1. The van der Waals surface area contributed by atoms with Crippen molar-refractivity contribution in [1.29, 1.82) is 0 Å². The van der Waals surface area contributed by atoms with E-state index in [0.29, 0.717) is 18.6 Å². The van der Waals surface area contributed by atoms with Crippen LogP contribution in [0.2, 0.25) is 0 Å². The van der Waals surface area contributed by atoms with Gasteiger partial charge in [0.15, 0.2) is 0 Å². The van der Waals surface area contributed by atoms with Crippen LogP contribution in [0.4, 0.5) is 0 Å². The van der Waals surface area contributed by atoms with E-state index >= 15 is 0 Å². The summed E-state index contributed by atoms with van der Waals surface area (Å²) in [6.07, 6.45) is 0.968. The van der Waals surface area contributed by atoms with E-state index in [1.54, 1.807) is 12.1 Å². The average molecular weight is 300 g/mol. The number of rotatable bonds is 4. The lowest BCUT2D eigenvalue weighted by atomic mass is 10.2. The van der Waals surface area contributed by atoms with Crippen molar-refractivity contribution in [3.05, 3.63) is 24.3 Å². The van der Waals surface area contributed by atoms with Crippen LogP contribution >= 0.6 is 0 Å². The fourth-order valence-electron chi connectivity index (χ4n) is 2.25. The first-order chi connectivity index (χ1) is 9.50. The van der Waals surface area contributed by atoms with Gasteiger partial charge in [-0.3, -0.25) is 10.0 Å². The van der Waals surface area contributed by atoms with Crippen molar-refractivity contribution >= 4 is 15.9 Å². The van der Waals surface area contributed by atoms with Gasteiger partial charge < -0.3 is 4.74 Å². The highest BCUT2D eigenvalue weighted by molar-refractivity contribution is 7.89. The smallest absolute Gasteiger partial charge is 0.261 e. The van der Waals surface area contributed by atoms with E-state index in [-0.39, 0.29) is 11.4 Å². The van der Waals surface area contributed by atoms with Crippen LogP contribution in [0.5, 0.6) is 5.75 Å². The monoisotopic (exact) mass is 300 g/mol. The molecule has 20 heavy (non-hydrogen) atoms. The number of carbonyl (C=O) groups is 1. The second-order valence-electron chi connectivity index (χ2n) is 4.43. The number of methoxy groups -OCH3 is 1. The quantitative estimate of drug-likeness (QED) is 0.618. The summed E-state index contributed by atoms with van der Waals surface area (Å²) in [5.74, 6) is -0.158. The SMILES string of the molecule is COc1ccc(S(=O)(=O)N2CCC[C@@H]2C(=O)NO)cc1. The number of nitrogens with one attached hydrogen (secondary N) is 1. The molecule has 1 aliphatic heterocycles. The number of carbonyl (C=O) groups excluding carboxylic acids is 1. The second kappa shape index (κ2) is 5.78. The van der Waals surface area contributed by atoms with Crippen LogP contribution in [0.25, 0.3) is 0 Å². The Balaban J connectivity index is 2.31. The highest BCUT2D eigenvalue weighted by Gasteiger charge is 2.39. The summed E-state index contributed by atoms with van der Waals surface area (Å²) in [5, 5.41) is 8.68. The minimum Gasteiger partial charge on any atom is -0.497 e. The van der Waals surface area contributed by atoms with E-state index in [1.807, 2.05) is 0 Å². The molecule has 1 aliphatic rings. The zero-order valence-electron chi connectivity index (χ0n) is 10.9. The van der Waals surface area contributed by atoms with Gasteiger partial charge in [0.05, 0.1) is 12.0 Å². The first kappa shape index (κ1) is 14.8. The first-order valence-electron chi connectivity index (χ1n) is 6.10. The van der Waals surface area contributed by atoms with E-state index in [4.69, 9.17) is 9.94 Å². The maximum Gasteiger partial charge on any atom is 0.261 e. The lowest BCUT2D eigenvalue weighted by molar-refractivity contribution is -0.132. The van der Waals surface area contributed by atoms with Gasteiger partial charge in [0.1, 0.15) is 11.8 Å². The van der Waals surface area contributed by atoms with Crippen LogP contribution < -0.4 is 10.2 Å². The number of nitrogens with zero attached hydrogens (tertiary/aromatic N) is 1. The van der Waals surface area contributed by atoms with Crippen molar-refractivity contribution in [2.24, 2.45) is 0 Å². The van der Waals surface area contributed by atoms with E-state index in [1.165, 1.54) is 24.7 Å². The average Bonchev–Trinajstić information content (AvgIpc) is 2.96. The lowest BCUT2D eigenvalue weighted by Crippen LogP contribution is -2.44. The maximum atomic E-state index is 12.5.